The Morgan fingerprint density at radius 3 is 2.45 bits per heavy atom. The van der Waals surface area contributed by atoms with Crippen LogP contribution in [-0.2, 0) is 20.9 Å². The molecule has 0 saturated heterocycles. The van der Waals surface area contributed by atoms with Gasteiger partial charge in [0.25, 0.3) is 0 Å². The van der Waals surface area contributed by atoms with Gasteiger partial charge in [-0.15, -0.1) is 0 Å². The number of aliphatic carboxylic acids is 1. The zero-order valence-corrected chi connectivity index (χ0v) is 11.6. The van der Waals surface area contributed by atoms with Gasteiger partial charge in [-0.2, -0.15) is 0 Å². The maximum absolute atomic E-state index is 12.0. The highest BCUT2D eigenvalue weighted by Gasteiger charge is 2.29. The lowest BCUT2D eigenvalue weighted by molar-refractivity contribution is -0.144. The molecule has 20 heavy (non-hydrogen) atoms. The van der Waals surface area contributed by atoms with E-state index < -0.39 is 18.1 Å². The number of benzene rings is 1. The number of ether oxygens (including phenoxy) is 2. The Labute approximate surface area is 117 Å². The molecule has 110 valence electrons. The summed E-state index contributed by atoms with van der Waals surface area (Å²) in [7, 11) is 1.39. The Bertz CT molecular complexity index is 434. The molecule has 6 heteroatoms. The Morgan fingerprint density at radius 2 is 1.95 bits per heavy atom. The largest absolute Gasteiger partial charge is 0.480 e. The molecule has 0 aliphatic rings. The number of carbonyl (C=O) groups is 2. The van der Waals surface area contributed by atoms with Crippen LogP contribution in [0.4, 0.5) is 4.79 Å². The molecule has 0 radical (unpaired) electrons. The van der Waals surface area contributed by atoms with Crippen LogP contribution in [0.25, 0.3) is 0 Å². The van der Waals surface area contributed by atoms with Crippen LogP contribution in [0.3, 0.4) is 0 Å². The molecule has 1 rings (SSSR count). The molecule has 1 N–H and O–H groups in total. The molecule has 1 unspecified atom stereocenters. The van der Waals surface area contributed by atoms with E-state index >= 15 is 0 Å². The van der Waals surface area contributed by atoms with Crippen molar-refractivity contribution in [2.45, 2.75) is 19.6 Å². The first-order valence-corrected chi connectivity index (χ1v) is 6.29. The van der Waals surface area contributed by atoms with Crippen molar-refractivity contribution in [3.63, 3.8) is 0 Å². The van der Waals surface area contributed by atoms with E-state index in [2.05, 4.69) is 0 Å². The summed E-state index contributed by atoms with van der Waals surface area (Å²) in [5, 5.41) is 9.11. The summed E-state index contributed by atoms with van der Waals surface area (Å²) in [6, 6.07) is 8.15. The summed E-state index contributed by atoms with van der Waals surface area (Å²) < 4.78 is 9.96. The number of hydrogen-bond acceptors (Lipinski definition) is 4. The van der Waals surface area contributed by atoms with Crippen LogP contribution in [0, 0.1) is 0 Å². The Balaban J connectivity index is 2.64. The monoisotopic (exact) mass is 281 g/mol. The second kappa shape index (κ2) is 8.16. The molecule has 1 atom stereocenters. The fourth-order valence-corrected chi connectivity index (χ4v) is 1.73. The molecule has 0 bridgehead atoms. The minimum absolute atomic E-state index is 0.0798. The van der Waals surface area contributed by atoms with Gasteiger partial charge in [0, 0.05) is 13.7 Å². The van der Waals surface area contributed by atoms with E-state index in [9.17, 15) is 9.59 Å². The van der Waals surface area contributed by atoms with Gasteiger partial charge in [0.05, 0.1) is 6.61 Å². The molecule has 1 aromatic rings. The Morgan fingerprint density at radius 1 is 1.30 bits per heavy atom. The number of amides is 1. The Hall–Kier alpha value is -2.08. The fourth-order valence-electron chi connectivity index (χ4n) is 1.73. The molecule has 0 spiro atoms. The number of methoxy groups -OCH3 is 1. The van der Waals surface area contributed by atoms with Gasteiger partial charge in [-0.3, -0.25) is 4.90 Å². The third-order valence-corrected chi connectivity index (χ3v) is 2.77. The van der Waals surface area contributed by atoms with Crippen molar-refractivity contribution in [2.24, 2.45) is 0 Å². The lowest BCUT2D eigenvalue weighted by atomic mass is 10.2. The molecule has 0 aliphatic heterocycles. The zero-order valence-electron chi connectivity index (χ0n) is 11.6. The van der Waals surface area contributed by atoms with Crippen molar-refractivity contribution in [3.05, 3.63) is 35.9 Å². The molecule has 0 aromatic heterocycles. The van der Waals surface area contributed by atoms with E-state index in [1.54, 1.807) is 6.92 Å². The summed E-state index contributed by atoms with van der Waals surface area (Å²) >= 11 is 0. The van der Waals surface area contributed by atoms with Gasteiger partial charge in [0.15, 0.2) is 6.04 Å². The third kappa shape index (κ3) is 4.55. The van der Waals surface area contributed by atoms with Crippen LogP contribution >= 0.6 is 0 Å². The first-order chi connectivity index (χ1) is 9.60. The van der Waals surface area contributed by atoms with Gasteiger partial charge in [-0.1, -0.05) is 30.3 Å². The molecule has 0 fully saturated rings. The standard InChI is InChI=1S/C14H19NO5/c1-3-15(12(10-19-2)13(16)17)14(18)20-9-11-7-5-4-6-8-11/h4-8,12H,3,9-10H2,1-2H3,(H,16,17). The maximum Gasteiger partial charge on any atom is 0.410 e. The second-order valence-electron chi connectivity index (χ2n) is 4.14. The van der Waals surface area contributed by atoms with Crippen LogP contribution in [0.5, 0.6) is 0 Å². The quantitative estimate of drug-likeness (QED) is 0.824. The summed E-state index contributed by atoms with van der Waals surface area (Å²) in [5.41, 5.74) is 0.843. The fraction of sp³-hybridized carbons (Fsp3) is 0.429. The lowest BCUT2D eigenvalue weighted by Crippen LogP contribution is -2.47. The predicted molar refractivity (Wildman–Crippen MR) is 72.3 cm³/mol. The average Bonchev–Trinajstić information content (AvgIpc) is 2.46. The molecule has 0 aliphatic carbocycles. The predicted octanol–water partition coefficient (Wildman–Crippen LogP) is 1.74. The first kappa shape index (κ1) is 16.0. The highest BCUT2D eigenvalue weighted by molar-refractivity contribution is 5.80. The van der Waals surface area contributed by atoms with E-state index in [1.807, 2.05) is 30.3 Å². The SMILES string of the molecule is CCN(C(=O)OCc1ccccc1)C(COC)C(=O)O. The molecule has 0 saturated carbocycles. The van der Waals surface area contributed by atoms with Gasteiger partial charge in [0.1, 0.15) is 6.61 Å². The van der Waals surface area contributed by atoms with Crippen molar-refractivity contribution in [3.8, 4) is 0 Å². The number of rotatable bonds is 7. The molecular weight excluding hydrogens is 262 g/mol. The van der Waals surface area contributed by atoms with Crippen molar-refractivity contribution in [2.75, 3.05) is 20.3 Å². The number of carboxylic acid groups (broad SMARTS) is 1. The lowest BCUT2D eigenvalue weighted by Gasteiger charge is -2.26. The average molecular weight is 281 g/mol. The van der Waals surface area contributed by atoms with Crippen LogP contribution in [-0.4, -0.2) is 48.4 Å². The minimum Gasteiger partial charge on any atom is -0.480 e. The van der Waals surface area contributed by atoms with E-state index in [1.165, 1.54) is 7.11 Å². The first-order valence-electron chi connectivity index (χ1n) is 6.29. The number of likely N-dealkylation sites (N-methyl/N-ethyl adjacent to an activating group) is 1. The minimum atomic E-state index is -1.12. The second-order valence-corrected chi connectivity index (χ2v) is 4.14. The van der Waals surface area contributed by atoms with Crippen molar-refractivity contribution in [1.82, 2.24) is 4.90 Å². The van der Waals surface area contributed by atoms with Gasteiger partial charge >= 0.3 is 12.1 Å². The maximum atomic E-state index is 12.0. The number of carboxylic acids is 1. The molecule has 1 aromatic carbocycles. The normalized spacial score (nSPS) is 11.7. The molecule has 1 amide bonds. The Kier molecular flexibility index (Phi) is 6.52. The summed E-state index contributed by atoms with van der Waals surface area (Å²) in [6.45, 7) is 1.95. The summed E-state index contributed by atoms with van der Waals surface area (Å²) in [6.07, 6.45) is -0.666. The van der Waals surface area contributed by atoms with E-state index in [4.69, 9.17) is 14.6 Å². The summed E-state index contributed by atoms with van der Waals surface area (Å²) in [5.74, 6) is -1.12. The zero-order chi connectivity index (χ0) is 15.0. The smallest absolute Gasteiger partial charge is 0.410 e. The summed E-state index contributed by atoms with van der Waals surface area (Å²) in [4.78, 5) is 24.2. The van der Waals surface area contributed by atoms with Crippen LogP contribution < -0.4 is 0 Å². The van der Waals surface area contributed by atoms with Crippen LogP contribution in [0.15, 0.2) is 30.3 Å². The van der Waals surface area contributed by atoms with Gasteiger partial charge in [-0.05, 0) is 12.5 Å². The van der Waals surface area contributed by atoms with E-state index in [-0.39, 0.29) is 19.8 Å². The van der Waals surface area contributed by atoms with Crippen LogP contribution in [0.2, 0.25) is 0 Å². The molecule has 0 heterocycles. The number of nitrogens with zero attached hydrogens (tertiary/aromatic N) is 1. The topological polar surface area (TPSA) is 76.1 Å². The van der Waals surface area contributed by atoms with Crippen molar-refractivity contribution in [1.29, 1.82) is 0 Å². The number of carbonyl (C=O) groups excluding carboxylic acids is 1. The van der Waals surface area contributed by atoms with Gasteiger partial charge < -0.3 is 14.6 Å². The number of hydrogen-bond donors (Lipinski definition) is 1. The highest BCUT2D eigenvalue weighted by Crippen LogP contribution is 2.07. The third-order valence-electron chi connectivity index (χ3n) is 2.77. The van der Waals surface area contributed by atoms with E-state index in [0.717, 1.165) is 10.5 Å². The van der Waals surface area contributed by atoms with Gasteiger partial charge in [0.2, 0.25) is 0 Å². The van der Waals surface area contributed by atoms with E-state index in [0.29, 0.717) is 0 Å². The molecular formula is C14H19NO5. The highest BCUT2D eigenvalue weighted by atomic mass is 16.6. The molecule has 6 nitrogen and oxygen atoms in total. The van der Waals surface area contributed by atoms with Gasteiger partial charge in [-0.25, -0.2) is 9.59 Å². The van der Waals surface area contributed by atoms with Crippen molar-refractivity contribution >= 4 is 12.1 Å². The van der Waals surface area contributed by atoms with Crippen molar-refractivity contribution < 1.29 is 24.2 Å². The van der Waals surface area contributed by atoms with Crippen LogP contribution in [0.1, 0.15) is 12.5 Å².